The second kappa shape index (κ2) is 9.35. The van der Waals surface area contributed by atoms with Crippen LogP contribution in [-0.2, 0) is 9.53 Å². The predicted molar refractivity (Wildman–Crippen MR) is 109 cm³/mol. The number of anilines is 1. The van der Waals surface area contributed by atoms with Gasteiger partial charge in [0.2, 0.25) is 0 Å². The molecule has 1 amide bonds. The SMILES string of the molecule is COC(=O)c1c(NC(=O)C[NH+]2CCCCCC2)sc(Cl)c1-c1ccccc1. The molecule has 2 N–H and O–H groups in total. The number of halogens is 1. The van der Waals surface area contributed by atoms with Gasteiger partial charge in [0.25, 0.3) is 5.91 Å². The van der Waals surface area contributed by atoms with E-state index in [2.05, 4.69) is 5.32 Å². The molecule has 0 saturated carbocycles. The molecular formula is C20H24ClN2O3S+. The summed E-state index contributed by atoms with van der Waals surface area (Å²) in [5, 5.41) is 3.35. The van der Waals surface area contributed by atoms with Crippen LogP contribution in [0.5, 0.6) is 0 Å². The van der Waals surface area contributed by atoms with Crippen LogP contribution in [0.1, 0.15) is 36.0 Å². The van der Waals surface area contributed by atoms with Crippen molar-refractivity contribution in [1.82, 2.24) is 0 Å². The molecular weight excluding hydrogens is 384 g/mol. The molecule has 5 nitrogen and oxygen atoms in total. The molecule has 2 heterocycles. The summed E-state index contributed by atoms with van der Waals surface area (Å²) < 4.78 is 5.41. The number of hydrogen-bond acceptors (Lipinski definition) is 4. The van der Waals surface area contributed by atoms with Crippen LogP contribution in [0, 0.1) is 0 Å². The maximum atomic E-state index is 12.6. The minimum atomic E-state index is -0.505. The molecule has 1 aromatic carbocycles. The monoisotopic (exact) mass is 407 g/mol. The lowest BCUT2D eigenvalue weighted by molar-refractivity contribution is -0.890. The van der Waals surface area contributed by atoms with E-state index in [1.807, 2.05) is 30.3 Å². The topological polar surface area (TPSA) is 59.8 Å². The number of esters is 1. The summed E-state index contributed by atoms with van der Waals surface area (Å²) in [5.41, 5.74) is 1.74. The molecule has 0 spiro atoms. The van der Waals surface area contributed by atoms with E-state index >= 15 is 0 Å². The van der Waals surface area contributed by atoms with Crippen LogP contribution in [-0.4, -0.2) is 38.6 Å². The number of rotatable bonds is 5. The van der Waals surface area contributed by atoms with E-state index in [0.29, 0.717) is 27.0 Å². The molecule has 1 aromatic heterocycles. The van der Waals surface area contributed by atoms with Gasteiger partial charge in [-0.1, -0.05) is 41.9 Å². The first kappa shape index (κ1) is 19.9. The van der Waals surface area contributed by atoms with E-state index in [-0.39, 0.29) is 5.91 Å². The summed E-state index contributed by atoms with van der Waals surface area (Å²) in [6.45, 7) is 2.42. The summed E-state index contributed by atoms with van der Waals surface area (Å²) in [5.74, 6) is -0.607. The van der Waals surface area contributed by atoms with Gasteiger partial charge in [-0.15, -0.1) is 11.3 Å². The number of hydrogen-bond donors (Lipinski definition) is 2. The van der Waals surface area contributed by atoms with Gasteiger partial charge in [-0.05, 0) is 31.2 Å². The first-order chi connectivity index (χ1) is 13.1. The third kappa shape index (κ3) is 4.89. The Balaban J connectivity index is 1.84. The predicted octanol–water partition coefficient (Wildman–Crippen LogP) is 3.25. The quantitative estimate of drug-likeness (QED) is 0.748. The summed E-state index contributed by atoms with van der Waals surface area (Å²) >= 11 is 7.63. The molecule has 0 unspecified atom stereocenters. The van der Waals surface area contributed by atoms with Crippen molar-refractivity contribution in [2.24, 2.45) is 0 Å². The van der Waals surface area contributed by atoms with Crippen LogP contribution >= 0.6 is 22.9 Å². The van der Waals surface area contributed by atoms with Crippen LogP contribution in [0.25, 0.3) is 11.1 Å². The Kier molecular flexibility index (Phi) is 6.88. The molecule has 0 aliphatic carbocycles. The Morgan fingerprint density at radius 1 is 1.15 bits per heavy atom. The van der Waals surface area contributed by atoms with Crippen LogP contribution in [0.2, 0.25) is 4.34 Å². The standard InChI is InChI=1S/C20H23ClN2O3S/c1-26-20(25)17-16(14-9-5-4-6-10-14)18(21)27-19(17)22-15(24)13-23-11-7-2-3-8-12-23/h4-6,9-10H,2-3,7-8,11-13H2,1H3,(H,22,24)/p+1. The number of quaternary nitrogens is 1. The molecule has 0 radical (unpaired) electrons. The Morgan fingerprint density at radius 3 is 2.44 bits per heavy atom. The number of carbonyl (C=O) groups excluding carboxylic acids is 2. The smallest absolute Gasteiger partial charge is 0.341 e. The van der Waals surface area contributed by atoms with Gasteiger partial charge in [0.1, 0.15) is 14.9 Å². The fourth-order valence-electron chi connectivity index (χ4n) is 3.45. The van der Waals surface area contributed by atoms with E-state index in [1.54, 1.807) is 0 Å². The lowest BCUT2D eigenvalue weighted by atomic mass is 10.0. The van der Waals surface area contributed by atoms with Gasteiger partial charge in [-0.2, -0.15) is 0 Å². The van der Waals surface area contributed by atoms with Crippen molar-refractivity contribution in [3.05, 3.63) is 40.2 Å². The average molecular weight is 408 g/mol. The molecule has 0 atom stereocenters. The number of nitrogens with one attached hydrogen (secondary N) is 2. The number of thiophene rings is 1. The van der Waals surface area contributed by atoms with Crippen molar-refractivity contribution in [1.29, 1.82) is 0 Å². The highest BCUT2D eigenvalue weighted by Gasteiger charge is 2.27. The first-order valence-corrected chi connectivity index (χ1v) is 10.4. The number of carbonyl (C=O) groups is 2. The number of ether oxygens (including phenoxy) is 1. The van der Waals surface area contributed by atoms with Gasteiger partial charge in [0.15, 0.2) is 6.54 Å². The molecule has 7 heteroatoms. The molecule has 1 aliphatic heterocycles. The zero-order chi connectivity index (χ0) is 19.2. The van der Waals surface area contributed by atoms with Crippen molar-refractivity contribution in [3.8, 4) is 11.1 Å². The van der Waals surface area contributed by atoms with Gasteiger partial charge < -0.3 is 15.0 Å². The minimum absolute atomic E-state index is 0.102. The van der Waals surface area contributed by atoms with Gasteiger partial charge in [-0.25, -0.2) is 4.79 Å². The molecule has 2 aromatic rings. The highest BCUT2D eigenvalue weighted by Crippen LogP contribution is 2.43. The van der Waals surface area contributed by atoms with Crippen molar-refractivity contribution >= 4 is 39.8 Å². The number of likely N-dealkylation sites (tertiary alicyclic amines) is 1. The van der Waals surface area contributed by atoms with Gasteiger partial charge in [0, 0.05) is 5.56 Å². The Labute approximate surface area is 168 Å². The van der Waals surface area contributed by atoms with Gasteiger partial charge in [-0.3, -0.25) is 4.79 Å². The third-order valence-corrected chi connectivity index (χ3v) is 6.11. The number of amides is 1. The molecule has 3 rings (SSSR count). The Morgan fingerprint density at radius 2 is 1.81 bits per heavy atom. The highest BCUT2D eigenvalue weighted by molar-refractivity contribution is 7.21. The van der Waals surface area contributed by atoms with E-state index in [4.69, 9.17) is 16.3 Å². The zero-order valence-electron chi connectivity index (χ0n) is 15.3. The number of methoxy groups -OCH3 is 1. The summed E-state index contributed by atoms with van der Waals surface area (Å²) in [4.78, 5) is 26.3. The van der Waals surface area contributed by atoms with Crippen LogP contribution in [0.4, 0.5) is 5.00 Å². The molecule has 1 aliphatic rings. The maximum absolute atomic E-state index is 12.6. The molecule has 1 saturated heterocycles. The van der Waals surface area contributed by atoms with Crippen molar-refractivity contribution < 1.29 is 19.2 Å². The Hall–Kier alpha value is -1.89. The molecule has 27 heavy (non-hydrogen) atoms. The normalized spacial score (nSPS) is 15.2. The zero-order valence-corrected chi connectivity index (χ0v) is 16.9. The van der Waals surface area contributed by atoms with E-state index in [9.17, 15) is 9.59 Å². The van der Waals surface area contributed by atoms with Crippen molar-refractivity contribution in [3.63, 3.8) is 0 Å². The largest absolute Gasteiger partial charge is 0.465 e. The fraction of sp³-hybridized carbons (Fsp3) is 0.400. The summed E-state index contributed by atoms with van der Waals surface area (Å²) in [7, 11) is 1.33. The van der Waals surface area contributed by atoms with Gasteiger partial charge in [0.05, 0.1) is 20.2 Å². The lowest BCUT2D eigenvalue weighted by Gasteiger charge is -2.16. The average Bonchev–Trinajstić information content (AvgIpc) is 2.83. The van der Waals surface area contributed by atoms with Gasteiger partial charge >= 0.3 is 5.97 Å². The van der Waals surface area contributed by atoms with Crippen LogP contribution in [0.3, 0.4) is 0 Å². The molecule has 0 bridgehead atoms. The highest BCUT2D eigenvalue weighted by atomic mass is 35.5. The van der Waals surface area contributed by atoms with Crippen molar-refractivity contribution in [2.75, 3.05) is 32.1 Å². The maximum Gasteiger partial charge on any atom is 0.341 e. The fourth-order valence-corrected chi connectivity index (χ4v) is 4.84. The minimum Gasteiger partial charge on any atom is -0.465 e. The van der Waals surface area contributed by atoms with E-state index in [0.717, 1.165) is 31.5 Å². The lowest BCUT2D eigenvalue weighted by Crippen LogP contribution is -3.12. The first-order valence-electron chi connectivity index (χ1n) is 9.19. The molecule has 144 valence electrons. The van der Waals surface area contributed by atoms with Crippen LogP contribution in [0.15, 0.2) is 30.3 Å². The summed E-state index contributed by atoms with van der Waals surface area (Å²) in [6.07, 6.45) is 4.77. The van der Waals surface area contributed by atoms with Crippen LogP contribution < -0.4 is 10.2 Å². The second-order valence-electron chi connectivity index (χ2n) is 6.70. The van der Waals surface area contributed by atoms with E-state index in [1.165, 1.54) is 36.2 Å². The summed E-state index contributed by atoms with van der Waals surface area (Å²) in [6, 6.07) is 9.42. The van der Waals surface area contributed by atoms with Crippen molar-refractivity contribution in [2.45, 2.75) is 25.7 Å². The molecule has 1 fully saturated rings. The number of benzene rings is 1. The third-order valence-electron chi connectivity index (χ3n) is 4.79. The van der Waals surface area contributed by atoms with E-state index < -0.39 is 5.97 Å². The Bertz CT molecular complexity index is 799. The second-order valence-corrected chi connectivity index (χ2v) is 8.32.